The lowest BCUT2D eigenvalue weighted by Crippen LogP contribution is -2.28. The molecule has 2 aromatic heterocycles. The van der Waals surface area contributed by atoms with Crippen LogP contribution in [-0.4, -0.2) is 26.3 Å². The molecule has 1 atom stereocenters. The van der Waals surface area contributed by atoms with Crippen LogP contribution in [0.5, 0.6) is 5.75 Å². The van der Waals surface area contributed by atoms with E-state index in [4.69, 9.17) is 10.5 Å². The Balaban J connectivity index is 1.62. The molecule has 0 fully saturated rings. The van der Waals surface area contributed by atoms with Crippen molar-refractivity contribution in [2.75, 3.05) is 12.3 Å². The van der Waals surface area contributed by atoms with Crippen molar-refractivity contribution in [3.63, 3.8) is 0 Å². The third kappa shape index (κ3) is 3.45. The smallest absolute Gasteiger partial charge is 0.183 e. The van der Waals surface area contributed by atoms with Gasteiger partial charge in [0, 0.05) is 23.9 Å². The van der Waals surface area contributed by atoms with Gasteiger partial charge in [0.1, 0.15) is 23.6 Å². The minimum Gasteiger partial charge on any atom is -0.482 e. The lowest BCUT2D eigenvalue weighted by atomic mass is 10.1. The Morgan fingerprint density at radius 1 is 1.30 bits per heavy atom. The average molecular weight is 372 g/mol. The molecule has 3 heterocycles. The van der Waals surface area contributed by atoms with Crippen molar-refractivity contribution < 1.29 is 13.5 Å². The first-order valence-electron chi connectivity index (χ1n) is 8.53. The summed E-state index contributed by atoms with van der Waals surface area (Å²) in [4.78, 5) is 8.63. The molecule has 0 saturated heterocycles. The fourth-order valence-corrected chi connectivity index (χ4v) is 2.94. The van der Waals surface area contributed by atoms with Crippen LogP contribution in [0.1, 0.15) is 24.4 Å². The summed E-state index contributed by atoms with van der Waals surface area (Å²) in [6, 6.07) is 4.88. The normalized spacial score (nSPS) is 14.6. The Kier molecular flexibility index (Phi) is 4.44. The molecule has 0 spiro atoms. The van der Waals surface area contributed by atoms with Gasteiger partial charge in [0.05, 0.1) is 13.1 Å². The first-order chi connectivity index (χ1) is 13.0. The van der Waals surface area contributed by atoms with E-state index in [-0.39, 0.29) is 17.1 Å². The Morgan fingerprint density at radius 2 is 2.15 bits per heavy atom. The van der Waals surface area contributed by atoms with Crippen LogP contribution in [0.3, 0.4) is 0 Å². The van der Waals surface area contributed by atoms with E-state index in [1.165, 1.54) is 0 Å². The highest BCUT2D eigenvalue weighted by Gasteiger charge is 2.19. The number of pyridine rings is 1. The van der Waals surface area contributed by atoms with Gasteiger partial charge in [0.15, 0.2) is 17.4 Å². The summed E-state index contributed by atoms with van der Waals surface area (Å²) in [5.74, 6) is 0.662. The maximum absolute atomic E-state index is 14.0. The molecular weight excluding hydrogens is 354 g/mol. The van der Waals surface area contributed by atoms with Gasteiger partial charge >= 0.3 is 0 Å². The molecular formula is C18H18F2N6O. The summed E-state index contributed by atoms with van der Waals surface area (Å²) >= 11 is 0. The predicted molar refractivity (Wildman–Crippen MR) is 94.8 cm³/mol. The number of hydrogen-bond acceptors (Lipinski definition) is 6. The Bertz CT molecular complexity index is 966. The van der Waals surface area contributed by atoms with Crippen molar-refractivity contribution in [2.45, 2.75) is 26.1 Å². The number of nitrogens with zero attached hydrogens (tertiary/aromatic N) is 4. The quantitative estimate of drug-likeness (QED) is 0.731. The molecule has 0 radical (unpaired) electrons. The molecule has 3 aromatic rings. The number of halogens is 2. The molecule has 4 rings (SSSR count). The van der Waals surface area contributed by atoms with Crippen LogP contribution in [0.15, 0.2) is 30.5 Å². The molecule has 27 heavy (non-hydrogen) atoms. The first kappa shape index (κ1) is 17.3. The monoisotopic (exact) mass is 372 g/mol. The zero-order valence-electron chi connectivity index (χ0n) is 14.6. The number of nitrogens with one attached hydrogen (secondary N) is 1. The van der Waals surface area contributed by atoms with Gasteiger partial charge in [0.25, 0.3) is 0 Å². The molecule has 0 saturated carbocycles. The van der Waals surface area contributed by atoms with E-state index in [0.717, 1.165) is 37.1 Å². The number of nitrogen functional groups attached to an aromatic ring is 1. The highest BCUT2D eigenvalue weighted by Crippen LogP contribution is 2.30. The van der Waals surface area contributed by atoms with Crippen LogP contribution < -0.4 is 15.8 Å². The third-order valence-corrected chi connectivity index (χ3v) is 4.37. The van der Waals surface area contributed by atoms with Gasteiger partial charge in [-0.25, -0.2) is 23.4 Å². The summed E-state index contributed by atoms with van der Waals surface area (Å²) in [5, 5.41) is 7.70. The largest absolute Gasteiger partial charge is 0.482 e. The van der Waals surface area contributed by atoms with Crippen LogP contribution in [0.25, 0.3) is 11.4 Å². The lowest BCUT2D eigenvalue weighted by molar-refractivity contribution is 0.221. The minimum atomic E-state index is -0.757. The fraction of sp³-hybridized carbons (Fsp3) is 0.278. The standard InChI is InChI=1S/C18H18F2N6O/c1-10(13-7-12(19)2-3-14(13)20)27-15-6-11(8-23-17(15)21)18-24-16-9-22-4-5-26(16)25-18/h2-3,6-8,10,22H,4-5,9H2,1H3,(H2,21,23)/t10-/m1/s1. The van der Waals surface area contributed by atoms with Gasteiger partial charge < -0.3 is 15.8 Å². The van der Waals surface area contributed by atoms with E-state index in [2.05, 4.69) is 20.4 Å². The topological polar surface area (TPSA) is 90.9 Å². The zero-order valence-corrected chi connectivity index (χ0v) is 14.6. The van der Waals surface area contributed by atoms with Crippen molar-refractivity contribution in [3.05, 3.63) is 53.5 Å². The van der Waals surface area contributed by atoms with Crippen LogP contribution in [0, 0.1) is 11.6 Å². The van der Waals surface area contributed by atoms with Gasteiger partial charge in [-0.3, -0.25) is 0 Å². The maximum atomic E-state index is 14.0. The van der Waals surface area contributed by atoms with E-state index in [0.29, 0.717) is 17.9 Å². The van der Waals surface area contributed by atoms with Gasteiger partial charge in [-0.1, -0.05) is 0 Å². The summed E-state index contributed by atoms with van der Waals surface area (Å²) in [5.41, 5.74) is 6.63. The van der Waals surface area contributed by atoms with E-state index in [1.807, 2.05) is 4.68 Å². The third-order valence-electron chi connectivity index (χ3n) is 4.37. The van der Waals surface area contributed by atoms with Crippen molar-refractivity contribution in [1.29, 1.82) is 0 Å². The molecule has 3 N–H and O–H groups in total. The van der Waals surface area contributed by atoms with Crippen molar-refractivity contribution in [1.82, 2.24) is 25.1 Å². The molecule has 0 unspecified atom stereocenters. The highest BCUT2D eigenvalue weighted by molar-refractivity contribution is 5.61. The number of fused-ring (bicyclic) bond motifs is 1. The minimum absolute atomic E-state index is 0.0986. The van der Waals surface area contributed by atoms with Crippen molar-refractivity contribution in [3.8, 4) is 17.1 Å². The number of nitrogens with two attached hydrogens (primary N) is 1. The molecule has 1 aliphatic rings. The second-order valence-corrected chi connectivity index (χ2v) is 6.28. The molecule has 140 valence electrons. The summed E-state index contributed by atoms with van der Waals surface area (Å²) in [7, 11) is 0. The number of ether oxygens (including phenoxy) is 1. The predicted octanol–water partition coefficient (Wildman–Crippen LogP) is 2.44. The SMILES string of the molecule is C[C@@H](Oc1cc(-c2nc3n(n2)CCNC3)cnc1N)c1cc(F)ccc1F. The summed E-state index contributed by atoms with van der Waals surface area (Å²) < 4.78 is 35.0. The molecule has 9 heteroatoms. The van der Waals surface area contributed by atoms with E-state index >= 15 is 0 Å². The molecule has 0 amide bonds. The first-order valence-corrected chi connectivity index (χ1v) is 8.53. The molecule has 1 aromatic carbocycles. The maximum Gasteiger partial charge on any atom is 0.183 e. The molecule has 0 bridgehead atoms. The van der Waals surface area contributed by atoms with E-state index < -0.39 is 17.7 Å². The van der Waals surface area contributed by atoms with Gasteiger partial charge in [-0.2, -0.15) is 5.10 Å². The van der Waals surface area contributed by atoms with E-state index in [1.54, 1.807) is 19.2 Å². The highest BCUT2D eigenvalue weighted by atomic mass is 19.1. The Labute approximate surface area is 154 Å². The van der Waals surface area contributed by atoms with Gasteiger partial charge in [-0.15, -0.1) is 0 Å². The van der Waals surface area contributed by atoms with Crippen LogP contribution in [0.4, 0.5) is 14.6 Å². The van der Waals surface area contributed by atoms with Crippen LogP contribution in [-0.2, 0) is 13.1 Å². The lowest BCUT2D eigenvalue weighted by Gasteiger charge is -2.17. The summed E-state index contributed by atoms with van der Waals surface area (Å²) in [6.07, 6.45) is 0.803. The number of hydrogen-bond donors (Lipinski definition) is 2. The number of aromatic nitrogens is 4. The van der Waals surface area contributed by atoms with Gasteiger partial charge in [0.2, 0.25) is 0 Å². The van der Waals surface area contributed by atoms with Crippen LogP contribution >= 0.6 is 0 Å². The number of rotatable bonds is 4. The summed E-state index contributed by atoms with van der Waals surface area (Å²) in [6.45, 7) is 3.84. The average Bonchev–Trinajstić information content (AvgIpc) is 3.09. The van der Waals surface area contributed by atoms with Crippen molar-refractivity contribution >= 4 is 5.82 Å². The second-order valence-electron chi connectivity index (χ2n) is 6.28. The Morgan fingerprint density at radius 3 is 2.96 bits per heavy atom. The second kappa shape index (κ2) is 6.92. The van der Waals surface area contributed by atoms with Gasteiger partial charge in [-0.05, 0) is 31.2 Å². The Hall–Kier alpha value is -3.07. The molecule has 1 aliphatic heterocycles. The van der Waals surface area contributed by atoms with E-state index in [9.17, 15) is 8.78 Å². The van der Waals surface area contributed by atoms with Crippen molar-refractivity contribution in [2.24, 2.45) is 0 Å². The number of anilines is 1. The zero-order chi connectivity index (χ0) is 19.0. The van der Waals surface area contributed by atoms with Crippen LogP contribution in [0.2, 0.25) is 0 Å². The fourth-order valence-electron chi connectivity index (χ4n) is 2.94. The molecule has 0 aliphatic carbocycles. The molecule has 7 nitrogen and oxygen atoms in total. The number of benzene rings is 1.